The summed E-state index contributed by atoms with van der Waals surface area (Å²) in [4.78, 5) is 21.3. The fourth-order valence-electron chi connectivity index (χ4n) is 6.24. The molecule has 4 rings (SSSR count). The number of carbonyl (C=O) groups is 2. The average molecular weight is 545 g/mol. The monoisotopic (exact) mass is 544 g/mol. The molecule has 0 spiro atoms. The maximum atomic E-state index is 11.9. The van der Waals surface area contributed by atoms with Gasteiger partial charge < -0.3 is 9.47 Å². The van der Waals surface area contributed by atoms with E-state index in [0.717, 1.165) is 42.6 Å². The van der Waals surface area contributed by atoms with Crippen LogP contribution in [0, 0.1) is 17.8 Å². The summed E-state index contributed by atoms with van der Waals surface area (Å²) in [5, 5.41) is 0. The molecule has 2 fully saturated rings. The van der Waals surface area contributed by atoms with Gasteiger partial charge in [-0.05, 0) is 98.2 Å². The Labute approximate surface area is 241 Å². The van der Waals surface area contributed by atoms with E-state index in [9.17, 15) is 9.59 Å². The van der Waals surface area contributed by atoms with Gasteiger partial charge in [0.1, 0.15) is 17.8 Å². The van der Waals surface area contributed by atoms with E-state index in [1.807, 2.05) is 12.1 Å². The van der Waals surface area contributed by atoms with Crippen LogP contribution in [0.3, 0.4) is 0 Å². The van der Waals surface area contributed by atoms with E-state index in [2.05, 4.69) is 56.5 Å². The zero-order valence-corrected chi connectivity index (χ0v) is 25.0. The van der Waals surface area contributed by atoms with Crippen LogP contribution in [0.15, 0.2) is 72.8 Å². The number of allylic oxidation sites excluding steroid dienone is 1. The molecule has 2 aromatic carbocycles. The predicted molar refractivity (Wildman–Crippen MR) is 164 cm³/mol. The number of rotatable bonds is 9. The normalized spacial score (nSPS) is 24.1. The van der Waals surface area contributed by atoms with Crippen molar-refractivity contribution in [1.29, 1.82) is 0 Å². The molecule has 0 heterocycles. The van der Waals surface area contributed by atoms with Crippen molar-refractivity contribution in [3.63, 3.8) is 0 Å². The summed E-state index contributed by atoms with van der Waals surface area (Å²) in [6, 6.07) is 16.8. The van der Waals surface area contributed by atoms with Crippen LogP contribution in [0.25, 0.3) is 0 Å². The number of benzene rings is 2. The standard InChI is InChI=1S/C32H42O3.C4H6O/c1-23(2)31(33)35-30-17-13-28(14-18-30)32(27-11-15-29(34-4)16-12-27)21-19-26(20-22-32)10-9-25-7-5-24(3)6-8-25;1-4(2)3-5/h11-18,24-26H,1,5-10,19-22H2,2-4H3;3H,1H2,2H3. The van der Waals surface area contributed by atoms with Crippen molar-refractivity contribution < 1.29 is 19.1 Å². The third-order valence-electron chi connectivity index (χ3n) is 8.89. The molecule has 0 N–H and O–H groups in total. The Kier molecular flexibility index (Phi) is 11.8. The van der Waals surface area contributed by atoms with Crippen molar-refractivity contribution in [2.45, 2.75) is 90.4 Å². The molecule has 0 unspecified atom stereocenters. The van der Waals surface area contributed by atoms with Gasteiger partial charge in [0.15, 0.2) is 0 Å². The lowest BCUT2D eigenvalue weighted by Crippen LogP contribution is -2.33. The first-order valence-corrected chi connectivity index (χ1v) is 14.9. The summed E-state index contributed by atoms with van der Waals surface area (Å²) >= 11 is 0. The molecule has 2 aliphatic carbocycles. The Morgan fingerprint density at radius 1 is 0.825 bits per heavy atom. The summed E-state index contributed by atoms with van der Waals surface area (Å²) in [6.07, 6.45) is 14.1. The molecular weight excluding hydrogens is 496 g/mol. The molecule has 4 heteroatoms. The third kappa shape index (κ3) is 8.68. The topological polar surface area (TPSA) is 52.6 Å². The first-order valence-electron chi connectivity index (χ1n) is 14.9. The van der Waals surface area contributed by atoms with E-state index in [-0.39, 0.29) is 11.4 Å². The Bertz CT molecular complexity index is 1110. The number of hydrogen-bond acceptors (Lipinski definition) is 4. The van der Waals surface area contributed by atoms with Gasteiger partial charge in [0.05, 0.1) is 7.11 Å². The summed E-state index contributed by atoms with van der Waals surface area (Å²) in [5.41, 5.74) is 3.62. The van der Waals surface area contributed by atoms with Crippen LogP contribution in [0.2, 0.25) is 0 Å². The van der Waals surface area contributed by atoms with Crippen LogP contribution in [0.5, 0.6) is 11.5 Å². The zero-order chi connectivity index (χ0) is 29.1. The largest absolute Gasteiger partial charge is 0.497 e. The van der Waals surface area contributed by atoms with Gasteiger partial charge >= 0.3 is 5.97 Å². The minimum atomic E-state index is -0.379. The molecule has 40 heavy (non-hydrogen) atoms. The Morgan fingerprint density at radius 2 is 1.27 bits per heavy atom. The van der Waals surface area contributed by atoms with Gasteiger partial charge in [-0.15, -0.1) is 0 Å². The van der Waals surface area contributed by atoms with Gasteiger partial charge in [-0.25, -0.2) is 4.79 Å². The van der Waals surface area contributed by atoms with E-state index in [1.165, 1.54) is 62.5 Å². The number of carbonyl (C=O) groups excluding carboxylic acids is 2. The van der Waals surface area contributed by atoms with Crippen molar-refractivity contribution in [3.05, 3.63) is 84.0 Å². The number of hydrogen-bond donors (Lipinski definition) is 0. The van der Waals surface area contributed by atoms with E-state index in [0.29, 0.717) is 16.9 Å². The van der Waals surface area contributed by atoms with E-state index in [4.69, 9.17) is 9.47 Å². The van der Waals surface area contributed by atoms with Crippen molar-refractivity contribution in [1.82, 2.24) is 0 Å². The van der Waals surface area contributed by atoms with Crippen LogP contribution in [0.4, 0.5) is 0 Å². The van der Waals surface area contributed by atoms with Crippen LogP contribution < -0.4 is 9.47 Å². The van der Waals surface area contributed by atoms with Gasteiger partial charge in [-0.1, -0.05) is 82.9 Å². The van der Waals surface area contributed by atoms with Gasteiger partial charge in [-0.2, -0.15) is 0 Å². The number of methoxy groups -OCH3 is 1. The lowest BCUT2D eigenvalue weighted by atomic mass is 9.62. The zero-order valence-electron chi connectivity index (χ0n) is 25.0. The molecule has 2 aliphatic rings. The Balaban J connectivity index is 0.000000810. The maximum Gasteiger partial charge on any atom is 0.338 e. The fourth-order valence-corrected chi connectivity index (χ4v) is 6.24. The Hall–Kier alpha value is -3.14. The van der Waals surface area contributed by atoms with Crippen molar-refractivity contribution in [2.24, 2.45) is 17.8 Å². The highest BCUT2D eigenvalue weighted by atomic mass is 16.5. The SMILES string of the molecule is C=C(C)C(=O)Oc1ccc(C2(c3ccc(OC)cc3)CCC(CCC3CCC(C)CC3)CC2)cc1.C=C(C)C=O. The highest BCUT2D eigenvalue weighted by Gasteiger charge is 2.38. The summed E-state index contributed by atoms with van der Waals surface area (Å²) in [5.74, 6) is 3.80. The molecule has 0 aliphatic heterocycles. The highest BCUT2D eigenvalue weighted by molar-refractivity contribution is 5.88. The first kappa shape index (κ1) is 31.4. The van der Waals surface area contributed by atoms with Gasteiger partial charge in [0.2, 0.25) is 0 Å². The highest BCUT2D eigenvalue weighted by Crippen LogP contribution is 2.48. The smallest absolute Gasteiger partial charge is 0.338 e. The number of ether oxygens (including phenoxy) is 2. The third-order valence-corrected chi connectivity index (χ3v) is 8.89. The minimum absolute atomic E-state index is 0.0140. The molecule has 2 aromatic rings. The molecular formula is C36H48O4. The average Bonchev–Trinajstić information content (AvgIpc) is 2.98. The predicted octanol–water partition coefficient (Wildman–Crippen LogP) is 9.02. The summed E-state index contributed by atoms with van der Waals surface area (Å²) in [7, 11) is 1.72. The van der Waals surface area contributed by atoms with Crippen LogP contribution in [-0.4, -0.2) is 19.4 Å². The molecule has 0 aromatic heterocycles. The molecule has 0 radical (unpaired) electrons. The van der Waals surface area contributed by atoms with Crippen LogP contribution in [0.1, 0.15) is 96.1 Å². The van der Waals surface area contributed by atoms with Gasteiger partial charge in [-0.3, -0.25) is 4.79 Å². The molecule has 0 amide bonds. The number of aldehydes is 1. The molecule has 216 valence electrons. The molecule has 0 atom stereocenters. The summed E-state index contributed by atoms with van der Waals surface area (Å²) in [6.45, 7) is 12.7. The maximum absolute atomic E-state index is 11.9. The first-order chi connectivity index (χ1) is 19.2. The van der Waals surface area contributed by atoms with Crippen molar-refractivity contribution >= 4 is 12.3 Å². The van der Waals surface area contributed by atoms with Crippen LogP contribution >= 0.6 is 0 Å². The molecule has 0 saturated heterocycles. The summed E-state index contributed by atoms with van der Waals surface area (Å²) < 4.78 is 10.9. The molecule has 0 bridgehead atoms. The fraction of sp³-hybridized carbons (Fsp3) is 0.500. The van der Waals surface area contributed by atoms with E-state index >= 15 is 0 Å². The van der Waals surface area contributed by atoms with Crippen LogP contribution in [-0.2, 0) is 15.0 Å². The molecule has 4 nitrogen and oxygen atoms in total. The van der Waals surface area contributed by atoms with E-state index < -0.39 is 0 Å². The number of esters is 1. The second kappa shape index (κ2) is 15.0. The van der Waals surface area contributed by atoms with Gasteiger partial charge in [0.25, 0.3) is 0 Å². The van der Waals surface area contributed by atoms with E-state index in [1.54, 1.807) is 21.0 Å². The van der Waals surface area contributed by atoms with Gasteiger partial charge in [0, 0.05) is 11.0 Å². The lowest BCUT2D eigenvalue weighted by molar-refractivity contribution is -0.130. The second-order valence-corrected chi connectivity index (χ2v) is 12.1. The molecule has 2 saturated carbocycles. The van der Waals surface area contributed by atoms with Crippen molar-refractivity contribution in [2.75, 3.05) is 7.11 Å². The van der Waals surface area contributed by atoms with Crippen molar-refractivity contribution in [3.8, 4) is 11.5 Å². The lowest BCUT2D eigenvalue weighted by Gasteiger charge is -2.42. The minimum Gasteiger partial charge on any atom is -0.497 e. The second-order valence-electron chi connectivity index (χ2n) is 12.1. The quantitative estimate of drug-likeness (QED) is 0.137. The Morgan fingerprint density at radius 3 is 1.70 bits per heavy atom.